The van der Waals surface area contributed by atoms with E-state index < -0.39 is 0 Å². The first kappa shape index (κ1) is 18.4. The SMILES string of the molecule is CCC[N+](C)(CC)CNC(=O)CCCCCC(C)C. The van der Waals surface area contributed by atoms with E-state index >= 15 is 0 Å². The highest BCUT2D eigenvalue weighted by atomic mass is 16.1. The molecule has 0 saturated heterocycles. The molecule has 19 heavy (non-hydrogen) atoms. The van der Waals surface area contributed by atoms with Crippen molar-refractivity contribution in [1.29, 1.82) is 0 Å². The average Bonchev–Trinajstić information content (AvgIpc) is 2.36. The van der Waals surface area contributed by atoms with Crippen molar-refractivity contribution in [3.8, 4) is 0 Å². The van der Waals surface area contributed by atoms with E-state index in [-0.39, 0.29) is 5.91 Å². The fraction of sp³-hybridized carbons (Fsp3) is 0.938. The van der Waals surface area contributed by atoms with Gasteiger partial charge in [0.25, 0.3) is 0 Å². The van der Waals surface area contributed by atoms with Crippen LogP contribution in [0.25, 0.3) is 0 Å². The van der Waals surface area contributed by atoms with Gasteiger partial charge in [0.2, 0.25) is 5.91 Å². The Hall–Kier alpha value is -0.570. The van der Waals surface area contributed by atoms with E-state index in [9.17, 15) is 4.79 Å². The van der Waals surface area contributed by atoms with Gasteiger partial charge < -0.3 is 9.80 Å². The Bertz CT molecular complexity index is 241. The van der Waals surface area contributed by atoms with Gasteiger partial charge in [-0.15, -0.1) is 0 Å². The molecule has 1 unspecified atom stereocenters. The fourth-order valence-corrected chi connectivity index (χ4v) is 2.27. The van der Waals surface area contributed by atoms with Crippen LogP contribution in [0.15, 0.2) is 0 Å². The second-order valence-corrected chi connectivity index (χ2v) is 6.41. The lowest BCUT2D eigenvalue weighted by Crippen LogP contribution is -2.51. The molecule has 0 rings (SSSR count). The van der Waals surface area contributed by atoms with Crippen molar-refractivity contribution >= 4 is 5.91 Å². The summed E-state index contributed by atoms with van der Waals surface area (Å²) in [5, 5.41) is 3.09. The summed E-state index contributed by atoms with van der Waals surface area (Å²) in [6.45, 7) is 11.9. The lowest BCUT2D eigenvalue weighted by atomic mass is 10.0. The van der Waals surface area contributed by atoms with Crippen molar-refractivity contribution in [2.45, 2.75) is 66.2 Å². The van der Waals surface area contributed by atoms with Crippen molar-refractivity contribution in [2.75, 3.05) is 26.8 Å². The summed E-state index contributed by atoms with van der Waals surface area (Å²) < 4.78 is 0.940. The van der Waals surface area contributed by atoms with Gasteiger partial charge in [-0.1, -0.05) is 40.0 Å². The first-order valence-electron chi connectivity index (χ1n) is 8.03. The number of carbonyl (C=O) groups is 1. The van der Waals surface area contributed by atoms with Crippen LogP contribution in [0.3, 0.4) is 0 Å². The summed E-state index contributed by atoms with van der Waals surface area (Å²) in [7, 11) is 2.21. The van der Waals surface area contributed by atoms with Gasteiger partial charge >= 0.3 is 0 Å². The highest BCUT2D eigenvalue weighted by molar-refractivity contribution is 5.75. The van der Waals surface area contributed by atoms with Gasteiger partial charge in [0.15, 0.2) is 6.67 Å². The smallest absolute Gasteiger partial charge is 0.224 e. The largest absolute Gasteiger partial charge is 0.309 e. The minimum absolute atomic E-state index is 0.221. The number of nitrogens with zero attached hydrogens (tertiary/aromatic N) is 1. The number of quaternary nitrogens is 1. The van der Waals surface area contributed by atoms with Crippen LogP contribution in [0, 0.1) is 5.92 Å². The van der Waals surface area contributed by atoms with Gasteiger partial charge in [-0.05, 0) is 25.7 Å². The number of carbonyl (C=O) groups excluding carboxylic acids is 1. The van der Waals surface area contributed by atoms with Crippen molar-refractivity contribution in [3.63, 3.8) is 0 Å². The van der Waals surface area contributed by atoms with Crippen LogP contribution in [0.2, 0.25) is 0 Å². The predicted octanol–water partition coefficient (Wildman–Crippen LogP) is 3.54. The quantitative estimate of drug-likeness (QED) is 0.347. The van der Waals surface area contributed by atoms with Crippen LogP contribution in [0.5, 0.6) is 0 Å². The van der Waals surface area contributed by atoms with Crippen molar-refractivity contribution < 1.29 is 9.28 Å². The molecule has 0 aromatic rings. The Kier molecular flexibility index (Phi) is 9.94. The Morgan fingerprint density at radius 2 is 1.84 bits per heavy atom. The number of rotatable bonds is 11. The molecular weight excluding hydrogens is 236 g/mol. The summed E-state index contributed by atoms with van der Waals surface area (Å²) in [5.41, 5.74) is 0. The number of hydrogen-bond acceptors (Lipinski definition) is 1. The monoisotopic (exact) mass is 271 g/mol. The maximum absolute atomic E-state index is 11.8. The van der Waals surface area contributed by atoms with Crippen molar-refractivity contribution in [1.82, 2.24) is 5.32 Å². The third kappa shape index (κ3) is 9.94. The second kappa shape index (κ2) is 10.2. The predicted molar refractivity (Wildman–Crippen MR) is 82.8 cm³/mol. The summed E-state index contributed by atoms with van der Waals surface area (Å²) in [5.74, 6) is 1.00. The zero-order chi connectivity index (χ0) is 14.7. The molecule has 0 aliphatic heterocycles. The molecule has 114 valence electrons. The zero-order valence-corrected chi connectivity index (χ0v) is 13.8. The molecule has 0 aromatic heterocycles. The molecule has 0 aliphatic carbocycles. The molecule has 3 heteroatoms. The van der Waals surface area contributed by atoms with Gasteiger partial charge in [-0.3, -0.25) is 4.79 Å². The maximum atomic E-state index is 11.8. The minimum atomic E-state index is 0.221. The highest BCUT2D eigenvalue weighted by Crippen LogP contribution is 2.09. The van der Waals surface area contributed by atoms with Crippen LogP contribution in [0.1, 0.15) is 66.2 Å². The van der Waals surface area contributed by atoms with Gasteiger partial charge in [0.05, 0.1) is 20.1 Å². The molecule has 1 N–H and O–H groups in total. The Labute approximate surface area is 120 Å². The molecule has 3 nitrogen and oxygen atoms in total. The molecule has 0 fully saturated rings. The van der Waals surface area contributed by atoms with E-state index in [1.54, 1.807) is 0 Å². The van der Waals surface area contributed by atoms with E-state index in [4.69, 9.17) is 0 Å². The molecule has 0 saturated carbocycles. The molecule has 0 aromatic carbocycles. The Morgan fingerprint density at radius 1 is 1.16 bits per heavy atom. The summed E-state index contributed by atoms with van der Waals surface area (Å²) in [6.07, 6.45) is 6.60. The van der Waals surface area contributed by atoms with Crippen LogP contribution in [-0.4, -0.2) is 37.2 Å². The van der Waals surface area contributed by atoms with Crippen LogP contribution < -0.4 is 5.32 Å². The summed E-state index contributed by atoms with van der Waals surface area (Å²) in [6, 6.07) is 0. The molecule has 1 atom stereocenters. The first-order chi connectivity index (χ1) is 8.93. The topological polar surface area (TPSA) is 29.1 Å². The highest BCUT2D eigenvalue weighted by Gasteiger charge is 2.18. The van der Waals surface area contributed by atoms with Gasteiger partial charge in [0.1, 0.15) is 0 Å². The number of hydrogen-bond donors (Lipinski definition) is 1. The second-order valence-electron chi connectivity index (χ2n) is 6.41. The Morgan fingerprint density at radius 3 is 2.37 bits per heavy atom. The minimum Gasteiger partial charge on any atom is -0.309 e. The van der Waals surface area contributed by atoms with Crippen LogP contribution >= 0.6 is 0 Å². The summed E-state index contributed by atoms with van der Waals surface area (Å²) >= 11 is 0. The van der Waals surface area contributed by atoms with Gasteiger partial charge in [0, 0.05) is 6.42 Å². The normalized spacial score (nSPS) is 14.4. The number of nitrogens with one attached hydrogen (secondary N) is 1. The Balaban J connectivity index is 3.68. The van der Waals surface area contributed by atoms with Gasteiger partial charge in [-0.25, -0.2) is 0 Å². The lowest BCUT2D eigenvalue weighted by molar-refractivity contribution is -0.909. The van der Waals surface area contributed by atoms with Crippen molar-refractivity contribution in [2.24, 2.45) is 5.92 Å². The zero-order valence-electron chi connectivity index (χ0n) is 13.8. The van der Waals surface area contributed by atoms with E-state index in [0.29, 0.717) is 6.42 Å². The third-order valence-electron chi connectivity index (χ3n) is 3.87. The van der Waals surface area contributed by atoms with E-state index in [0.717, 1.165) is 43.0 Å². The van der Waals surface area contributed by atoms with E-state index in [1.165, 1.54) is 19.3 Å². The van der Waals surface area contributed by atoms with Crippen LogP contribution in [0.4, 0.5) is 0 Å². The average molecular weight is 271 g/mol. The van der Waals surface area contributed by atoms with Crippen LogP contribution in [-0.2, 0) is 4.79 Å². The van der Waals surface area contributed by atoms with E-state index in [2.05, 4.69) is 40.1 Å². The van der Waals surface area contributed by atoms with E-state index in [1.807, 2.05) is 0 Å². The van der Waals surface area contributed by atoms with Gasteiger partial charge in [-0.2, -0.15) is 0 Å². The fourth-order valence-electron chi connectivity index (χ4n) is 2.27. The third-order valence-corrected chi connectivity index (χ3v) is 3.87. The molecule has 0 heterocycles. The molecule has 0 spiro atoms. The maximum Gasteiger partial charge on any atom is 0.224 e. The molecule has 0 bridgehead atoms. The molecule has 0 aliphatic rings. The standard InChI is InChI=1S/C16H34N2O/c1-6-13-18(5,7-2)14-17-16(19)12-10-8-9-11-15(3)4/h15H,6-14H2,1-5H3/p+1. The molecule has 0 radical (unpaired) electrons. The molecule has 1 amide bonds. The number of unbranched alkanes of at least 4 members (excludes halogenated alkanes) is 2. The number of amides is 1. The summed E-state index contributed by atoms with van der Waals surface area (Å²) in [4.78, 5) is 11.8. The first-order valence-corrected chi connectivity index (χ1v) is 8.03. The lowest BCUT2D eigenvalue weighted by Gasteiger charge is -2.33. The van der Waals surface area contributed by atoms with Crippen molar-refractivity contribution in [3.05, 3.63) is 0 Å². The molecular formula is C16H35N2O+.